The largest absolute Gasteiger partial charge is 0.480 e. The van der Waals surface area contributed by atoms with E-state index in [1.165, 1.54) is 0 Å². The van der Waals surface area contributed by atoms with Gasteiger partial charge in [-0.3, -0.25) is 19.2 Å². The van der Waals surface area contributed by atoms with Crippen LogP contribution in [0.4, 0.5) is 0 Å². The molecule has 0 radical (unpaired) electrons. The first-order valence-electron chi connectivity index (χ1n) is 9.70. The highest BCUT2D eigenvalue weighted by molar-refractivity contribution is 5.93. The SMILES string of the molecule is CCC(C)C(N)C(=O)NC(Cc1ccccc1)C(=O)NC(CO)C(=O)NCC(=O)O. The molecule has 7 N–H and O–H groups in total. The third kappa shape index (κ3) is 8.18. The molecule has 1 aromatic carbocycles. The van der Waals surface area contributed by atoms with Crippen molar-refractivity contribution >= 4 is 23.7 Å². The molecule has 0 bridgehead atoms. The lowest BCUT2D eigenvalue weighted by Crippen LogP contribution is -2.58. The minimum absolute atomic E-state index is 0.0996. The normalized spacial score (nSPS) is 14.7. The molecule has 1 aromatic rings. The minimum atomic E-state index is -1.37. The number of carboxylic acids is 1. The zero-order valence-corrected chi connectivity index (χ0v) is 17.1. The van der Waals surface area contributed by atoms with Gasteiger partial charge in [-0.1, -0.05) is 50.6 Å². The summed E-state index contributed by atoms with van der Waals surface area (Å²) < 4.78 is 0. The molecule has 3 amide bonds. The number of carboxylic acid groups (broad SMARTS) is 1. The first-order chi connectivity index (χ1) is 14.2. The molecule has 0 aliphatic heterocycles. The maximum Gasteiger partial charge on any atom is 0.322 e. The Morgan fingerprint density at radius 2 is 1.60 bits per heavy atom. The Labute approximate surface area is 175 Å². The summed E-state index contributed by atoms with van der Waals surface area (Å²) in [6.45, 7) is 2.33. The van der Waals surface area contributed by atoms with Crippen molar-refractivity contribution in [3.63, 3.8) is 0 Å². The number of carbonyl (C=O) groups is 4. The number of nitrogens with one attached hydrogen (secondary N) is 3. The standard InChI is InChI=1S/C20H30N4O6/c1-3-12(2)17(21)20(30)23-14(9-13-7-5-4-6-8-13)19(29)24-15(11-25)18(28)22-10-16(26)27/h4-8,12,14-15,17,25H,3,9-11,21H2,1-2H3,(H,22,28)(H,23,30)(H,24,29)(H,26,27). The fourth-order valence-corrected chi connectivity index (χ4v) is 2.59. The van der Waals surface area contributed by atoms with Crippen LogP contribution in [0, 0.1) is 5.92 Å². The quantitative estimate of drug-likeness (QED) is 0.245. The second-order valence-corrected chi connectivity index (χ2v) is 7.02. The fourth-order valence-electron chi connectivity index (χ4n) is 2.59. The number of aliphatic carboxylic acids is 1. The molecule has 1 rings (SSSR count). The number of benzene rings is 1. The highest BCUT2D eigenvalue weighted by atomic mass is 16.4. The Kier molecular flexibility index (Phi) is 10.5. The maximum absolute atomic E-state index is 12.8. The van der Waals surface area contributed by atoms with Crippen molar-refractivity contribution in [1.82, 2.24) is 16.0 Å². The van der Waals surface area contributed by atoms with Crippen molar-refractivity contribution in [1.29, 1.82) is 0 Å². The number of carbonyl (C=O) groups excluding carboxylic acids is 3. The highest BCUT2D eigenvalue weighted by Gasteiger charge is 2.29. The Hall–Kier alpha value is -2.98. The molecule has 4 unspecified atom stereocenters. The van der Waals surface area contributed by atoms with Crippen LogP contribution in [-0.2, 0) is 25.6 Å². The van der Waals surface area contributed by atoms with Crippen LogP contribution in [0.15, 0.2) is 30.3 Å². The Bertz CT molecular complexity index is 727. The number of rotatable bonds is 12. The van der Waals surface area contributed by atoms with Crippen LogP contribution >= 0.6 is 0 Å². The predicted octanol–water partition coefficient (Wildman–Crippen LogP) is -1.23. The summed E-state index contributed by atoms with van der Waals surface area (Å²) in [5, 5.41) is 25.1. The van der Waals surface area contributed by atoms with Gasteiger partial charge in [-0.2, -0.15) is 0 Å². The van der Waals surface area contributed by atoms with Crippen LogP contribution in [0.2, 0.25) is 0 Å². The van der Waals surface area contributed by atoms with E-state index in [4.69, 9.17) is 10.8 Å². The Morgan fingerprint density at radius 1 is 1.00 bits per heavy atom. The Balaban J connectivity index is 2.93. The van der Waals surface area contributed by atoms with Crippen molar-refractivity contribution in [3.8, 4) is 0 Å². The van der Waals surface area contributed by atoms with Gasteiger partial charge in [-0.15, -0.1) is 0 Å². The van der Waals surface area contributed by atoms with E-state index < -0.39 is 55.0 Å². The summed E-state index contributed by atoms with van der Waals surface area (Å²) >= 11 is 0. The maximum atomic E-state index is 12.8. The van der Waals surface area contributed by atoms with Gasteiger partial charge >= 0.3 is 5.97 Å². The molecular formula is C20H30N4O6. The average molecular weight is 422 g/mol. The third-order valence-corrected chi connectivity index (χ3v) is 4.70. The Morgan fingerprint density at radius 3 is 2.13 bits per heavy atom. The van der Waals surface area contributed by atoms with Crippen molar-refractivity contribution in [2.45, 2.75) is 44.8 Å². The zero-order valence-electron chi connectivity index (χ0n) is 17.1. The number of aliphatic hydroxyl groups is 1. The molecule has 0 spiro atoms. The van der Waals surface area contributed by atoms with E-state index >= 15 is 0 Å². The summed E-state index contributed by atoms with van der Waals surface area (Å²) in [5.74, 6) is -3.42. The summed E-state index contributed by atoms with van der Waals surface area (Å²) in [6, 6.07) is 5.72. The second kappa shape index (κ2) is 12.6. The van der Waals surface area contributed by atoms with E-state index in [9.17, 15) is 24.3 Å². The van der Waals surface area contributed by atoms with Crippen LogP contribution < -0.4 is 21.7 Å². The van der Waals surface area contributed by atoms with Gasteiger partial charge in [0.25, 0.3) is 0 Å². The molecule has 10 heteroatoms. The third-order valence-electron chi connectivity index (χ3n) is 4.70. The van der Waals surface area contributed by atoms with Gasteiger partial charge in [-0.05, 0) is 11.5 Å². The molecule has 0 aliphatic rings. The smallest absolute Gasteiger partial charge is 0.322 e. The number of amides is 3. The van der Waals surface area contributed by atoms with Crippen LogP contribution in [0.5, 0.6) is 0 Å². The van der Waals surface area contributed by atoms with E-state index in [0.29, 0.717) is 6.42 Å². The molecule has 4 atom stereocenters. The summed E-state index contributed by atoms with van der Waals surface area (Å²) in [6.07, 6.45) is 0.820. The molecule has 0 aliphatic carbocycles. The fraction of sp³-hybridized carbons (Fsp3) is 0.500. The summed E-state index contributed by atoms with van der Waals surface area (Å²) in [5.41, 5.74) is 6.72. The number of aliphatic hydroxyl groups excluding tert-OH is 1. The molecule has 0 saturated carbocycles. The molecule has 0 aromatic heterocycles. The average Bonchev–Trinajstić information content (AvgIpc) is 2.74. The lowest BCUT2D eigenvalue weighted by Gasteiger charge is -2.25. The first-order valence-corrected chi connectivity index (χ1v) is 9.70. The van der Waals surface area contributed by atoms with Crippen LogP contribution in [0.1, 0.15) is 25.8 Å². The lowest BCUT2D eigenvalue weighted by atomic mass is 9.98. The van der Waals surface area contributed by atoms with Crippen molar-refractivity contribution in [2.24, 2.45) is 11.7 Å². The van der Waals surface area contributed by atoms with Crippen molar-refractivity contribution in [3.05, 3.63) is 35.9 Å². The minimum Gasteiger partial charge on any atom is -0.480 e. The molecule has 30 heavy (non-hydrogen) atoms. The summed E-state index contributed by atoms with van der Waals surface area (Å²) in [7, 11) is 0. The monoisotopic (exact) mass is 422 g/mol. The van der Waals surface area contributed by atoms with Crippen molar-refractivity contribution in [2.75, 3.05) is 13.2 Å². The topological polar surface area (TPSA) is 171 Å². The number of nitrogens with two attached hydrogens (primary N) is 1. The van der Waals surface area contributed by atoms with E-state index in [2.05, 4.69) is 16.0 Å². The molecular weight excluding hydrogens is 392 g/mol. The molecule has 0 fully saturated rings. The van der Waals surface area contributed by atoms with E-state index in [1.54, 1.807) is 24.3 Å². The van der Waals surface area contributed by atoms with E-state index in [-0.39, 0.29) is 12.3 Å². The first kappa shape index (κ1) is 25.1. The number of hydrogen-bond acceptors (Lipinski definition) is 6. The van der Waals surface area contributed by atoms with Gasteiger partial charge in [0.1, 0.15) is 18.6 Å². The summed E-state index contributed by atoms with van der Waals surface area (Å²) in [4.78, 5) is 47.9. The molecule has 0 saturated heterocycles. The number of hydrogen-bond donors (Lipinski definition) is 6. The van der Waals surface area contributed by atoms with Gasteiger partial charge in [0, 0.05) is 6.42 Å². The predicted molar refractivity (Wildman–Crippen MR) is 109 cm³/mol. The van der Waals surface area contributed by atoms with Crippen LogP contribution in [0.3, 0.4) is 0 Å². The lowest BCUT2D eigenvalue weighted by molar-refractivity contribution is -0.139. The molecule has 10 nitrogen and oxygen atoms in total. The van der Waals surface area contributed by atoms with Gasteiger partial charge in [0.2, 0.25) is 17.7 Å². The second-order valence-electron chi connectivity index (χ2n) is 7.02. The highest BCUT2D eigenvalue weighted by Crippen LogP contribution is 2.08. The van der Waals surface area contributed by atoms with Gasteiger partial charge in [-0.25, -0.2) is 0 Å². The van der Waals surface area contributed by atoms with Crippen LogP contribution in [0.25, 0.3) is 0 Å². The van der Waals surface area contributed by atoms with Gasteiger partial charge in [0.05, 0.1) is 12.6 Å². The van der Waals surface area contributed by atoms with Crippen LogP contribution in [-0.4, -0.2) is 65.2 Å². The van der Waals surface area contributed by atoms with Gasteiger partial charge in [0.15, 0.2) is 0 Å². The molecule has 166 valence electrons. The molecule has 0 heterocycles. The van der Waals surface area contributed by atoms with E-state index in [1.807, 2.05) is 19.9 Å². The van der Waals surface area contributed by atoms with E-state index in [0.717, 1.165) is 5.56 Å². The van der Waals surface area contributed by atoms with Crippen molar-refractivity contribution < 1.29 is 29.4 Å². The zero-order chi connectivity index (χ0) is 22.7. The van der Waals surface area contributed by atoms with Gasteiger partial charge < -0.3 is 31.9 Å².